The summed E-state index contributed by atoms with van der Waals surface area (Å²) in [6, 6.07) is 62.7. The Bertz CT molecular complexity index is 3260. The molecule has 0 radical (unpaired) electrons. The van der Waals surface area contributed by atoms with Gasteiger partial charge >= 0.3 is 0 Å². The van der Waals surface area contributed by atoms with Gasteiger partial charge in [-0.2, -0.15) is 30.3 Å². The second-order valence-electron chi connectivity index (χ2n) is 14.8. The van der Waals surface area contributed by atoms with E-state index in [0.717, 1.165) is 77.8 Å². The zero-order valence-electron chi connectivity index (χ0n) is 34.3. The number of aryl methyl sites for hydroxylation is 3. The van der Waals surface area contributed by atoms with E-state index in [0.29, 0.717) is 5.52 Å². The van der Waals surface area contributed by atoms with Crippen LogP contribution in [0, 0.1) is 26.0 Å². The summed E-state index contributed by atoms with van der Waals surface area (Å²) >= 11 is 0. The van der Waals surface area contributed by atoms with E-state index in [1.54, 1.807) is 6.33 Å². The van der Waals surface area contributed by atoms with Crippen LogP contribution in [-0.2, 0) is 33.5 Å². The summed E-state index contributed by atoms with van der Waals surface area (Å²) in [5, 5.41) is 2.21. The topological polar surface area (TPSA) is 27.7 Å². The molecule has 0 N–H and O–H groups in total. The Kier molecular flexibility index (Phi) is 7.48. The van der Waals surface area contributed by atoms with Crippen molar-refractivity contribution in [2.24, 2.45) is 6.98 Å². The molecule has 0 fully saturated rings. The van der Waals surface area contributed by atoms with Gasteiger partial charge < -0.3 is 4.57 Å². The van der Waals surface area contributed by atoms with Crippen molar-refractivity contribution in [3.8, 4) is 33.8 Å². The third-order valence-electron chi connectivity index (χ3n) is 11.8. The molecule has 0 atom stereocenters. The minimum Gasteiger partial charge on any atom is -0.319 e. The fraction of sp³-hybridized carbons (Fsp3) is 0.0769. The molecular weight excluding hydrogens is 876 g/mol. The first-order chi connectivity index (χ1) is 28.7. The smallest absolute Gasteiger partial charge is 0.188 e. The molecule has 3 heterocycles. The van der Waals surface area contributed by atoms with Gasteiger partial charge in [-0.3, -0.25) is 0 Å². The van der Waals surface area contributed by atoms with Crippen LogP contribution in [0.1, 0.15) is 37.5 Å². The molecule has 0 unspecified atom stereocenters. The van der Waals surface area contributed by atoms with Crippen molar-refractivity contribution in [3.63, 3.8) is 0 Å². The molecule has 57 heavy (non-hydrogen) atoms. The summed E-state index contributed by atoms with van der Waals surface area (Å²) in [7, 11) is 0. The van der Waals surface area contributed by atoms with Crippen molar-refractivity contribution in [1.29, 1.82) is 0 Å². The number of hydrogen-bond acceptors (Lipinski definition) is 1. The summed E-state index contributed by atoms with van der Waals surface area (Å²) in [4.78, 5) is 5.02. The minimum atomic E-state index is -2.36. The van der Waals surface area contributed by atoms with E-state index in [1.165, 1.54) is 21.3 Å². The summed E-state index contributed by atoms with van der Waals surface area (Å²) in [6.07, 6.45) is 3.58. The van der Waals surface area contributed by atoms with Gasteiger partial charge in [0.15, 0.2) is 17.4 Å². The second kappa shape index (κ2) is 13.4. The van der Waals surface area contributed by atoms with E-state index in [4.69, 9.17) is 9.10 Å². The van der Waals surface area contributed by atoms with E-state index in [1.807, 2.05) is 41.1 Å². The van der Waals surface area contributed by atoms with Crippen molar-refractivity contribution in [2.75, 3.05) is 0 Å². The average molecular weight is 916 g/mol. The fourth-order valence-electron chi connectivity index (χ4n) is 9.40. The van der Waals surface area contributed by atoms with Crippen molar-refractivity contribution < 1.29 is 25.2 Å². The normalized spacial score (nSPS) is 13.8. The van der Waals surface area contributed by atoms with E-state index in [2.05, 4.69) is 158 Å². The van der Waals surface area contributed by atoms with Crippen LogP contribution in [0.5, 0.6) is 0 Å². The first kappa shape index (κ1) is 31.8. The van der Waals surface area contributed by atoms with Crippen LogP contribution in [0.25, 0.3) is 66.6 Å². The van der Waals surface area contributed by atoms with Gasteiger partial charge in [-0.05, 0) is 94.1 Å². The molecule has 0 aliphatic heterocycles. The van der Waals surface area contributed by atoms with Crippen molar-refractivity contribution >= 4 is 32.8 Å². The number of imidazole rings is 1. The third-order valence-corrected chi connectivity index (χ3v) is 11.8. The number of pyridine rings is 1. The predicted octanol–water partition coefficient (Wildman–Crippen LogP) is 12.0. The number of hydrogen-bond donors (Lipinski definition) is 0. The van der Waals surface area contributed by atoms with Gasteiger partial charge in [0, 0.05) is 67.1 Å². The third kappa shape index (κ3) is 5.10. The summed E-state index contributed by atoms with van der Waals surface area (Å²) in [6.45, 7) is 1.97. The van der Waals surface area contributed by atoms with Gasteiger partial charge in [-0.1, -0.05) is 96.5 Å². The average Bonchev–Trinajstić information content (AvgIpc) is 3.91. The maximum Gasteiger partial charge on any atom is 0.188 e. The van der Waals surface area contributed by atoms with Crippen molar-refractivity contribution in [2.45, 2.75) is 19.3 Å². The number of rotatable bonds is 5. The van der Waals surface area contributed by atoms with E-state index in [-0.39, 0.29) is 21.1 Å². The van der Waals surface area contributed by atoms with Gasteiger partial charge in [-0.15, -0.1) is 22.6 Å². The van der Waals surface area contributed by atoms with Crippen LogP contribution < -0.4 is 0 Å². The first-order valence-corrected chi connectivity index (χ1v) is 19.0. The van der Waals surface area contributed by atoms with Crippen molar-refractivity contribution in [3.05, 3.63) is 216 Å². The molecule has 276 valence electrons. The minimum absolute atomic E-state index is 0. The Balaban J connectivity index is 0.00000433. The van der Waals surface area contributed by atoms with Gasteiger partial charge in [0.05, 0.1) is 0 Å². The molecule has 1 aliphatic rings. The summed E-state index contributed by atoms with van der Waals surface area (Å²) < 4.78 is 30.6. The molecule has 0 saturated carbocycles. The van der Waals surface area contributed by atoms with Crippen LogP contribution in [0.3, 0.4) is 0 Å². The Morgan fingerprint density at radius 1 is 0.614 bits per heavy atom. The standard InChI is InChI=1S/C52H37N4.Pt/c1-34-14-12-15-35(2)51(34)36-28-29-53-50(30-36)56-46-23-9-6-20-42(46)43-27-26-38(32-49(43)56)52(44-21-7-4-18-40(44)41-19-5-8-22-45(41)52)37-16-13-17-39(31-37)55-33-54(3)47-24-10-11-25-48(47)55;/h4-30,33H,1-3H3;/q-1;/i3D3;. The first-order valence-electron chi connectivity index (χ1n) is 20.5. The van der Waals surface area contributed by atoms with Gasteiger partial charge in [0.2, 0.25) is 0 Å². The Hall–Kier alpha value is -6.35. The molecule has 0 bridgehead atoms. The van der Waals surface area contributed by atoms with Gasteiger partial charge in [0.25, 0.3) is 0 Å². The predicted molar refractivity (Wildman–Crippen MR) is 229 cm³/mol. The van der Waals surface area contributed by atoms with Crippen LogP contribution in [-0.4, -0.2) is 18.7 Å². The zero-order valence-corrected chi connectivity index (χ0v) is 33.5. The van der Waals surface area contributed by atoms with Gasteiger partial charge in [-0.25, -0.2) is 14.1 Å². The quantitative estimate of drug-likeness (QED) is 0.158. The monoisotopic (exact) mass is 915 g/mol. The molecule has 7 aromatic carbocycles. The van der Waals surface area contributed by atoms with Crippen LogP contribution >= 0.6 is 0 Å². The molecule has 10 aromatic rings. The molecule has 4 nitrogen and oxygen atoms in total. The molecule has 0 saturated heterocycles. The van der Waals surface area contributed by atoms with Crippen LogP contribution in [0.2, 0.25) is 0 Å². The zero-order chi connectivity index (χ0) is 40.0. The molecular formula is C52H37N4Pt-. The molecule has 0 spiro atoms. The summed E-state index contributed by atoms with van der Waals surface area (Å²) in [5.41, 5.74) is 14.6. The second-order valence-corrected chi connectivity index (χ2v) is 14.8. The van der Waals surface area contributed by atoms with E-state index < -0.39 is 12.4 Å². The van der Waals surface area contributed by atoms with Crippen LogP contribution in [0.4, 0.5) is 0 Å². The number of para-hydroxylation sites is 3. The number of fused-ring (bicyclic) bond motifs is 7. The molecule has 3 aromatic heterocycles. The Labute approximate surface area is 350 Å². The molecule has 0 amide bonds. The van der Waals surface area contributed by atoms with E-state index >= 15 is 0 Å². The maximum absolute atomic E-state index is 8.34. The van der Waals surface area contributed by atoms with Crippen LogP contribution in [0.15, 0.2) is 170 Å². The van der Waals surface area contributed by atoms with E-state index in [9.17, 15) is 0 Å². The Morgan fingerprint density at radius 3 is 2.02 bits per heavy atom. The Morgan fingerprint density at radius 2 is 1.26 bits per heavy atom. The number of benzene rings is 7. The van der Waals surface area contributed by atoms with Crippen molar-refractivity contribution in [1.82, 2.24) is 18.7 Å². The van der Waals surface area contributed by atoms with Gasteiger partial charge in [0.1, 0.15) is 5.82 Å². The molecule has 5 heteroatoms. The molecule has 1 aliphatic carbocycles. The fourth-order valence-corrected chi connectivity index (χ4v) is 9.40. The number of aromatic nitrogens is 4. The SMILES string of the molecule is [2H]C([2H])([2H])n1[cH+]n(-c2[c-]c(C3(c4[c-]c5c(cc4)c4ccccc4n5-c4cc(-c5c(C)cccc5C)ccn4)c4ccccc4-c4ccccc43)ccc2)c2ccccc21.[Pt]. The summed E-state index contributed by atoms with van der Waals surface area (Å²) in [5.74, 6) is 0.821. The maximum atomic E-state index is 8.34. The largest absolute Gasteiger partial charge is 0.319 e. The number of nitrogens with zero attached hydrogens (tertiary/aromatic N) is 4. The molecule has 11 rings (SSSR count).